The smallest absolute Gasteiger partial charge is 0.392 e. The van der Waals surface area contributed by atoms with E-state index in [4.69, 9.17) is 14.9 Å². The highest BCUT2D eigenvalue weighted by molar-refractivity contribution is 5.81. The third kappa shape index (κ3) is 4.36. The maximum Gasteiger partial charge on any atom is 0.392 e. The molecule has 3 heterocycles. The highest BCUT2D eigenvalue weighted by Crippen LogP contribution is 2.33. The molecule has 0 fully saturated rings. The lowest BCUT2D eigenvalue weighted by Gasteiger charge is -2.11. The van der Waals surface area contributed by atoms with Gasteiger partial charge in [-0.3, -0.25) is 0 Å². The molecular formula is C18H13F3N4O2. The molecule has 9 heteroatoms. The number of nitrogen functional groups attached to an aromatic ring is 1. The number of rotatable bonds is 5. The number of hydrogen-bond donors (Lipinski definition) is 1. The van der Waals surface area contributed by atoms with Crippen LogP contribution in [0.5, 0.6) is 5.88 Å². The fraction of sp³-hybridized carbons (Fsp3) is 0.167. The van der Waals surface area contributed by atoms with E-state index in [2.05, 4.69) is 9.97 Å². The molecule has 0 radical (unpaired) electrons. The van der Waals surface area contributed by atoms with E-state index in [1.165, 1.54) is 18.5 Å². The molecule has 2 N–H and O–H groups in total. The second kappa shape index (κ2) is 7.37. The van der Waals surface area contributed by atoms with E-state index >= 15 is 0 Å². The van der Waals surface area contributed by atoms with Crippen molar-refractivity contribution in [3.63, 3.8) is 0 Å². The Kier molecular flexibility index (Phi) is 4.98. The van der Waals surface area contributed by atoms with Gasteiger partial charge in [0.2, 0.25) is 5.88 Å². The Morgan fingerprint density at radius 1 is 1.26 bits per heavy atom. The molecule has 0 aliphatic carbocycles. The third-order valence-electron chi connectivity index (χ3n) is 3.61. The number of alkyl halides is 3. The summed E-state index contributed by atoms with van der Waals surface area (Å²) in [5.74, 6) is 0.575. The first-order valence-electron chi connectivity index (χ1n) is 7.78. The lowest BCUT2D eigenvalue weighted by molar-refractivity contribution is -0.139. The van der Waals surface area contributed by atoms with Gasteiger partial charge in [-0.25, -0.2) is 9.97 Å². The average Bonchev–Trinajstić information content (AvgIpc) is 3.16. The van der Waals surface area contributed by atoms with Crippen molar-refractivity contribution in [1.82, 2.24) is 9.97 Å². The summed E-state index contributed by atoms with van der Waals surface area (Å²) in [5, 5.41) is 9.20. The Bertz CT molecular complexity index is 962. The van der Waals surface area contributed by atoms with Gasteiger partial charge in [-0.15, -0.1) is 0 Å². The highest BCUT2D eigenvalue weighted by atomic mass is 19.4. The molecule has 0 saturated carbocycles. The number of nitrogens with two attached hydrogens (primary N) is 1. The predicted octanol–water partition coefficient (Wildman–Crippen LogP) is 4.19. The molecule has 0 atom stereocenters. The number of aromatic nitrogens is 2. The summed E-state index contributed by atoms with van der Waals surface area (Å²) < 4.78 is 46.9. The van der Waals surface area contributed by atoms with Crippen molar-refractivity contribution in [3.8, 4) is 34.5 Å². The zero-order valence-electron chi connectivity index (χ0n) is 13.8. The minimum atomic E-state index is -4.29. The normalized spacial score (nSPS) is 11.2. The Labute approximate surface area is 152 Å². The number of furan rings is 1. The molecule has 0 saturated heterocycles. The van der Waals surface area contributed by atoms with Gasteiger partial charge in [0.05, 0.1) is 24.9 Å². The summed E-state index contributed by atoms with van der Waals surface area (Å²) in [6.45, 7) is -0.518. The standard InChI is InChI=1S/C18H13F3N4O2/c19-18(20,21)5-7-27-15-4-3-11(10-24-15)13-8-12(9-22)17(23)25-16(13)14-2-1-6-26-14/h1-4,6,8,10H,5,7H2,(H2,23,25). The maximum atomic E-state index is 12.2. The van der Waals surface area contributed by atoms with E-state index < -0.39 is 19.2 Å². The molecule has 6 nitrogen and oxygen atoms in total. The third-order valence-corrected chi connectivity index (χ3v) is 3.61. The van der Waals surface area contributed by atoms with Crippen LogP contribution in [0.4, 0.5) is 19.0 Å². The molecule has 27 heavy (non-hydrogen) atoms. The van der Waals surface area contributed by atoms with Gasteiger partial charge < -0.3 is 14.9 Å². The fourth-order valence-corrected chi connectivity index (χ4v) is 2.33. The lowest BCUT2D eigenvalue weighted by Crippen LogP contribution is -2.13. The molecule has 0 unspecified atom stereocenters. The van der Waals surface area contributed by atoms with Crippen molar-refractivity contribution in [2.75, 3.05) is 12.3 Å². The molecule has 0 bridgehead atoms. The molecular weight excluding hydrogens is 361 g/mol. The number of hydrogen-bond acceptors (Lipinski definition) is 6. The van der Waals surface area contributed by atoms with Crippen molar-refractivity contribution in [2.24, 2.45) is 0 Å². The number of ether oxygens (including phenoxy) is 1. The second-order valence-corrected chi connectivity index (χ2v) is 5.51. The van der Waals surface area contributed by atoms with E-state index in [9.17, 15) is 18.4 Å². The molecule has 0 aromatic carbocycles. The van der Waals surface area contributed by atoms with Crippen LogP contribution in [0.25, 0.3) is 22.6 Å². The van der Waals surface area contributed by atoms with Crippen LogP contribution in [0.15, 0.2) is 47.2 Å². The topological polar surface area (TPSA) is 98.0 Å². The van der Waals surface area contributed by atoms with E-state index in [1.807, 2.05) is 6.07 Å². The van der Waals surface area contributed by atoms with Crippen molar-refractivity contribution in [2.45, 2.75) is 12.6 Å². The second-order valence-electron chi connectivity index (χ2n) is 5.51. The SMILES string of the molecule is N#Cc1cc(-c2ccc(OCCC(F)(F)F)nc2)c(-c2ccco2)nc1N. The number of nitriles is 1. The first kappa shape index (κ1) is 18.3. The van der Waals surface area contributed by atoms with E-state index in [-0.39, 0.29) is 17.3 Å². The molecule has 0 spiro atoms. The van der Waals surface area contributed by atoms with Crippen LogP contribution in [0.1, 0.15) is 12.0 Å². The number of nitrogens with zero attached hydrogens (tertiary/aromatic N) is 3. The Hall–Kier alpha value is -3.54. The Morgan fingerprint density at radius 3 is 2.67 bits per heavy atom. The van der Waals surface area contributed by atoms with Crippen LogP contribution < -0.4 is 10.5 Å². The maximum absolute atomic E-state index is 12.2. The van der Waals surface area contributed by atoms with Crippen molar-refractivity contribution >= 4 is 5.82 Å². The van der Waals surface area contributed by atoms with Crippen LogP contribution >= 0.6 is 0 Å². The van der Waals surface area contributed by atoms with Crippen molar-refractivity contribution in [3.05, 3.63) is 48.4 Å². The first-order valence-corrected chi connectivity index (χ1v) is 7.78. The van der Waals surface area contributed by atoms with Crippen molar-refractivity contribution < 1.29 is 22.3 Å². The number of pyridine rings is 2. The molecule has 138 valence electrons. The highest BCUT2D eigenvalue weighted by Gasteiger charge is 2.27. The van der Waals surface area contributed by atoms with Gasteiger partial charge in [-0.1, -0.05) is 0 Å². The van der Waals surface area contributed by atoms with Crippen LogP contribution in [0.2, 0.25) is 0 Å². The average molecular weight is 374 g/mol. The van der Waals surface area contributed by atoms with E-state index in [1.54, 1.807) is 24.3 Å². The summed E-state index contributed by atoms with van der Waals surface area (Å²) in [6.07, 6.45) is -2.46. The van der Waals surface area contributed by atoms with Crippen LogP contribution in [-0.4, -0.2) is 22.8 Å². The summed E-state index contributed by atoms with van der Waals surface area (Å²) in [5.41, 5.74) is 7.53. The molecule has 0 amide bonds. The van der Waals surface area contributed by atoms with Gasteiger partial charge in [0.15, 0.2) is 5.76 Å². The van der Waals surface area contributed by atoms with E-state index in [0.717, 1.165) is 0 Å². The lowest BCUT2D eigenvalue weighted by atomic mass is 10.0. The summed E-state index contributed by atoms with van der Waals surface area (Å²) in [4.78, 5) is 8.25. The first-order chi connectivity index (χ1) is 12.9. The van der Waals surface area contributed by atoms with Crippen LogP contribution in [0, 0.1) is 11.3 Å². The van der Waals surface area contributed by atoms with E-state index in [0.29, 0.717) is 22.6 Å². The monoisotopic (exact) mass is 374 g/mol. The van der Waals surface area contributed by atoms with Gasteiger partial charge in [0, 0.05) is 23.4 Å². The van der Waals surface area contributed by atoms with Crippen LogP contribution in [-0.2, 0) is 0 Å². The minimum absolute atomic E-state index is 0.0615. The predicted molar refractivity (Wildman–Crippen MR) is 90.5 cm³/mol. The molecule has 3 aromatic rings. The molecule has 3 rings (SSSR count). The Balaban J connectivity index is 1.90. The van der Waals surface area contributed by atoms with Gasteiger partial charge in [-0.05, 0) is 24.3 Å². The number of halogens is 3. The molecule has 0 aliphatic rings. The minimum Gasteiger partial charge on any atom is -0.477 e. The summed E-state index contributed by atoms with van der Waals surface area (Å²) >= 11 is 0. The van der Waals surface area contributed by atoms with Crippen LogP contribution in [0.3, 0.4) is 0 Å². The zero-order chi connectivity index (χ0) is 19.4. The molecule has 0 aliphatic heterocycles. The molecule has 3 aromatic heterocycles. The summed E-state index contributed by atoms with van der Waals surface area (Å²) in [6, 6.07) is 9.95. The van der Waals surface area contributed by atoms with Gasteiger partial charge >= 0.3 is 6.18 Å². The zero-order valence-corrected chi connectivity index (χ0v) is 13.8. The summed E-state index contributed by atoms with van der Waals surface area (Å²) in [7, 11) is 0. The van der Waals surface area contributed by atoms with Gasteiger partial charge in [0.25, 0.3) is 0 Å². The number of anilines is 1. The quantitative estimate of drug-likeness (QED) is 0.719. The van der Waals surface area contributed by atoms with Gasteiger partial charge in [-0.2, -0.15) is 18.4 Å². The fourth-order valence-electron chi connectivity index (χ4n) is 2.33. The van der Waals surface area contributed by atoms with Crippen molar-refractivity contribution in [1.29, 1.82) is 5.26 Å². The van der Waals surface area contributed by atoms with Gasteiger partial charge in [0.1, 0.15) is 17.6 Å². The Morgan fingerprint density at radius 2 is 2.07 bits per heavy atom. The largest absolute Gasteiger partial charge is 0.477 e.